The molecule has 2 aromatic carbocycles. The van der Waals surface area contributed by atoms with Gasteiger partial charge in [-0.15, -0.1) is 24.0 Å². The predicted molar refractivity (Wildman–Crippen MR) is 129 cm³/mol. The van der Waals surface area contributed by atoms with Crippen molar-refractivity contribution in [3.63, 3.8) is 0 Å². The van der Waals surface area contributed by atoms with E-state index in [0.29, 0.717) is 0 Å². The number of hydrogen-bond donors (Lipinski definition) is 2. The highest BCUT2D eigenvalue weighted by atomic mass is 127. The van der Waals surface area contributed by atoms with Crippen molar-refractivity contribution in [3.05, 3.63) is 84.2 Å². The molecule has 0 unspecified atom stereocenters. The van der Waals surface area contributed by atoms with E-state index in [-0.39, 0.29) is 29.4 Å². The Morgan fingerprint density at radius 3 is 2.41 bits per heavy atom. The SMILES string of the molecule is CN=C(NCCc1ccc(-n2cccn2)cc1)NCC1(c2ccccc2)CC1.I. The van der Waals surface area contributed by atoms with Gasteiger partial charge in [-0.2, -0.15) is 5.10 Å². The van der Waals surface area contributed by atoms with E-state index in [1.807, 2.05) is 24.0 Å². The number of aliphatic imine (C=N–C) groups is 1. The van der Waals surface area contributed by atoms with Crippen LogP contribution >= 0.6 is 24.0 Å². The maximum absolute atomic E-state index is 4.37. The second kappa shape index (κ2) is 9.91. The van der Waals surface area contributed by atoms with Crippen molar-refractivity contribution in [1.82, 2.24) is 20.4 Å². The van der Waals surface area contributed by atoms with Gasteiger partial charge in [0.25, 0.3) is 0 Å². The van der Waals surface area contributed by atoms with Gasteiger partial charge in [-0.3, -0.25) is 4.99 Å². The maximum atomic E-state index is 4.37. The Morgan fingerprint density at radius 2 is 1.79 bits per heavy atom. The first-order chi connectivity index (χ1) is 13.8. The molecule has 1 saturated carbocycles. The highest BCUT2D eigenvalue weighted by molar-refractivity contribution is 14.0. The molecule has 0 bridgehead atoms. The Labute approximate surface area is 189 Å². The molecule has 1 heterocycles. The van der Waals surface area contributed by atoms with Gasteiger partial charge in [-0.05, 0) is 48.6 Å². The molecule has 0 saturated heterocycles. The highest BCUT2D eigenvalue weighted by Gasteiger charge is 2.43. The summed E-state index contributed by atoms with van der Waals surface area (Å²) in [6.45, 7) is 1.77. The Bertz CT molecular complexity index is 900. The van der Waals surface area contributed by atoms with Gasteiger partial charge in [0.2, 0.25) is 0 Å². The van der Waals surface area contributed by atoms with Crippen LogP contribution in [0.3, 0.4) is 0 Å². The lowest BCUT2D eigenvalue weighted by Crippen LogP contribution is -2.41. The summed E-state index contributed by atoms with van der Waals surface area (Å²) in [6, 6.07) is 21.2. The van der Waals surface area contributed by atoms with Crippen molar-refractivity contribution >= 4 is 29.9 Å². The Morgan fingerprint density at radius 1 is 1.03 bits per heavy atom. The largest absolute Gasteiger partial charge is 0.356 e. The average Bonchev–Trinajstić information content (AvgIpc) is 3.35. The zero-order chi connectivity index (χ0) is 19.2. The van der Waals surface area contributed by atoms with Crippen LogP contribution in [-0.4, -0.2) is 35.9 Å². The molecular formula is C23H28IN5. The molecule has 0 atom stereocenters. The van der Waals surface area contributed by atoms with Crippen molar-refractivity contribution in [1.29, 1.82) is 0 Å². The third-order valence-corrected chi connectivity index (χ3v) is 5.47. The topological polar surface area (TPSA) is 54.2 Å². The van der Waals surface area contributed by atoms with Crippen molar-refractivity contribution < 1.29 is 0 Å². The lowest BCUT2D eigenvalue weighted by atomic mass is 9.96. The normalized spacial score (nSPS) is 14.7. The maximum Gasteiger partial charge on any atom is 0.191 e. The summed E-state index contributed by atoms with van der Waals surface area (Å²) >= 11 is 0. The molecular weight excluding hydrogens is 473 g/mol. The van der Waals surface area contributed by atoms with Crippen LogP contribution < -0.4 is 10.6 Å². The number of hydrogen-bond acceptors (Lipinski definition) is 2. The van der Waals surface area contributed by atoms with E-state index in [1.165, 1.54) is 24.0 Å². The van der Waals surface area contributed by atoms with Crippen LogP contribution in [-0.2, 0) is 11.8 Å². The molecule has 1 fully saturated rings. The number of rotatable bonds is 7. The minimum atomic E-state index is 0. The van der Waals surface area contributed by atoms with Gasteiger partial charge in [-0.25, -0.2) is 4.68 Å². The summed E-state index contributed by atoms with van der Waals surface area (Å²) in [6.07, 6.45) is 7.17. The van der Waals surface area contributed by atoms with Crippen LogP contribution in [0.25, 0.3) is 5.69 Å². The van der Waals surface area contributed by atoms with Crippen molar-refractivity contribution in [2.75, 3.05) is 20.1 Å². The molecule has 1 aliphatic rings. The first-order valence-corrected chi connectivity index (χ1v) is 9.88. The minimum Gasteiger partial charge on any atom is -0.356 e. The molecule has 0 spiro atoms. The third-order valence-electron chi connectivity index (χ3n) is 5.47. The third kappa shape index (κ3) is 5.38. The van der Waals surface area contributed by atoms with Crippen molar-refractivity contribution in [2.24, 2.45) is 4.99 Å². The Kier molecular flexibility index (Phi) is 7.30. The average molecular weight is 501 g/mol. The van der Waals surface area contributed by atoms with Crippen molar-refractivity contribution in [3.8, 4) is 5.69 Å². The minimum absolute atomic E-state index is 0. The van der Waals surface area contributed by atoms with Gasteiger partial charge >= 0.3 is 0 Å². The Hall–Kier alpha value is -2.35. The predicted octanol–water partition coefficient (Wildman–Crippen LogP) is 3.93. The Balaban J connectivity index is 0.00000240. The fraction of sp³-hybridized carbons (Fsp3) is 0.304. The molecule has 3 aromatic rings. The van der Waals surface area contributed by atoms with Crippen LogP contribution in [0.15, 0.2) is 78.0 Å². The molecule has 6 heteroatoms. The molecule has 5 nitrogen and oxygen atoms in total. The number of halogens is 1. The molecule has 2 N–H and O–H groups in total. The van der Waals surface area contributed by atoms with E-state index in [4.69, 9.17) is 0 Å². The molecule has 29 heavy (non-hydrogen) atoms. The van der Waals surface area contributed by atoms with E-state index in [9.17, 15) is 0 Å². The summed E-state index contributed by atoms with van der Waals surface area (Å²) < 4.78 is 1.87. The van der Waals surface area contributed by atoms with Crippen LogP contribution in [0.5, 0.6) is 0 Å². The molecule has 0 amide bonds. The number of benzene rings is 2. The molecule has 0 radical (unpaired) electrons. The van der Waals surface area contributed by atoms with Gasteiger partial charge in [-0.1, -0.05) is 42.5 Å². The van der Waals surface area contributed by atoms with Crippen LogP contribution in [0.4, 0.5) is 0 Å². The van der Waals surface area contributed by atoms with Crippen LogP contribution in [0, 0.1) is 0 Å². The van der Waals surface area contributed by atoms with Gasteiger partial charge in [0.1, 0.15) is 0 Å². The lowest BCUT2D eigenvalue weighted by molar-refractivity contribution is 0.645. The second-order valence-electron chi connectivity index (χ2n) is 7.37. The lowest BCUT2D eigenvalue weighted by Gasteiger charge is -2.19. The molecule has 0 aliphatic heterocycles. The zero-order valence-corrected chi connectivity index (χ0v) is 19.0. The summed E-state index contributed by atoms with van der Waals surface area (Å²) in [5, 5.41) is 11.2. The summed E-state index contributed by atoms with van der Waals surface area (Å²) in [7, 11) is 1.83. The first kappa shape index (κ1) is 21.4. The zero-order valence-electron chi connectivity index (χ0n) is 16.7. The fourth-order valence-electron chi connectivity index (χ4n) is 3.55. The number of nitrogens with zero attached hydrogens (tertiary/aromatic N) is 3. The van der Waals surface area contributed by atoms with E-state index < -0.39 is 0 Å². The van der Waals surface area contributed by atoms with Gasteiger partial charge in [0.15, 0.2) is 5.96 Å². The van der Waals surface area contributed by atoms with E-state index in [0.717, 1.165) is 31.2 Å². The number of guanidine groups is 1. The van der Waals surface area contributed by atoms with Crippen LogP contribution in [0.1, 0.15) is 24.0 Å². The number of aromatic nitrogens is 2. The van der Waals surface area contributed by atoms with Crippen molar-refractivity contribution in [2.45, 2.75) is 24.7 Å². The highest BCUT2D eigenvalue weighted by Crippen LogP contribution is 2.47. The van der Waals surface area contributed by atoms with E-state index >= 15 is 0 Å². The standard InChI is InChI=1S/C23H27N5.HI/c1-24-22(26-18-23(13-14-23)20-6-3-2-4-7-20)25-16-12-19-8-10-21(11-9-19)28-17-5-15-27-28;/h2-11,15,17H,12-14,16,18H2,1H3,(H2,24,25,26);1H. The summed E-state index contributed by atoms with van der Waals surface area (Å²) in [5.74, 6) is 0.871. The molecule has 1 aliphatic carbocycles. The molecule has 152 valence electrons. The summed E-state index contributed by atoms with van der Waals surface area (Å²) in [5.41, 5.74) is 4.08. The fourth-order valence-corrected chi connectivity index (χ4v) is 3.55. The first-order valence-electron chi connectivity index (χ1n) is 9.88. The summed E-state index contributed by atoms with van der Waals surface area (Å²) in [4.78, 5) is 4.37. The van der Waals surface area contributed by atoms with Gasteiger partial charge < -0.3 is 10.6 Å². The van der Waals surface area contributed by atoms with Gasteiger partial charge in [0.05, 0.1) is 5.69 Å². The van der Waals surface area contributed by atoms with E-state index in [1.54, 1.807) is 6.20 Å². The number of nitrogens with one attached hydrogen (secondary N) is 2. The molecule has 4 rings (SSSR count). The quantitative estimate of drug-likeness (QED) is 0.293. The molecule has 1 aromatic heterocycles. The van der Waals surface area contributed by atoms with E-state index in [2.05, 4.69) is 75.3 Å². The monoisotopic (exact) mass is 501 g/mol. The van der Waals surface area contributed by atoms with Crippen LogP contribution in [0.2, 0.25) is 0 Å². The second-order valence-corrected chi connectivity index (χ2v) is 7.37. The van der Waals surface area contributed by atoms with Gasteiger partial charge in [0, 0.05) is 37.9 Å². The smallest absolute Gasteiger partial charge is 0.191 e.